The summed E-state index contributed by atoms with van der Waals surface area (Å²) in [5, 5.41) is 9.21. The Morgan fingerprint density at radius 3 is 2.63 bits per heavy atom. The second-order valence-corrected chi connectivity index (χ2v) is 10.8. The summed E-state index contributed by atoms with van der Waals surface area (Å²) in [5.41, 5.74) is -1.10. The molecule has 1 saturated heterocycles. The predicted molar refractivity (Wildman–Crippen MR) is 139 cm³/mol. The summed E-state index contributed by atoms with van der Waals surface area (Å²) in [7, 11) is -3.11. The molecule has 0 saturated carbocycles. The van der Waals surface area contributed by atoms with Crippen molar-refractivity contribution < 1.29 is 50.5 Å². The maximum Gasteiger partial charge on any atom is 0.422 e. The number of methoxy groups -OCH3 is 1. The molecule has 17 heteroatoms. The molecule has 3 rings (SSSR count). The van der Waals surface area contributed by atoms with Crippen molar-refractivity contribution in [3.8, 4) is 17.4 Å². The highest BCUT2D eigenvalue weighted by Gasteiger charge is 2.32. The number of pyridine rings is 1. The fraction of sp³-hybridized carbons (Fsp3) is 0.458. The normalized spacial score (nSPS) is 13.9. The molecule has 1 aromatic carbocycles. The van der Waals surface area contributed by atoms with E-state index < -0.39 is 45.5 Å². The van der Waals surface area contributed by atoms with E-state index in [9.17, 15) is 36.3 Å². The van der Waals surface area contributed by atoms with E-state index in [1.165, 1.54) is 25.3 Å². The molecule has 2 heterocycles. The van der Waals surface area contributed by atoms with Crippen LogP contribution in [0.25, 0.3) is 0 Å². The molecule has 2 N–H and O–H groups in total. The van der Waals surface area contributed by atoms with Crippen LogP contribution < -0.4 is 14.2 Å². The molecule has 2 aromatic rings. The third kappa shape index (κ3) is 9.08. The van der Waals surface area contributed by atoms with Crippen LogP contribution in [0.5, 0.6) is 17.4 Å². The quantitative estimate of drug-likeness (QED) is 0.299. The zero-order valence-electron chi connectivity index (χ0n) is 21.8. The van der Waals surface area contributed by atoms with Gasteiger partial charge in [0.05, 0.1) is 18.7 Å². The summed E-state index contributed by atoms with van der Waals surface area (Å²) in [5.74, 6) is -0.412. The zero-order valence-corrected chi connectivity index (χ0v) is 23.4. The molecule has 0 bridgehead atoms. The minimum atomic E-state index is -4.71. The Morgan fingerprint density at radius 2 is 2.02 bits per heavy atom. The van der Waals surface area contributed by atoms with Crippen molar-refractivity contribution >= 4 is 33.8 Å². The number of ether oxygens (including phenoxy) is 3. The Labute approximate surface area is 239 Å². The average molecular weight is 625 g/mol. The largest absolute Gasteiger partial charge is 0.491 e. The number of alkyl halides is 3. The van der Waals surface area contributed by atoms with Gasteiger partial charge >= 0.3 is 22.5 Å². The molecule has 1 fully saturated rings. The zero-order chi connectivity index (χ0) is 30.2. The van der Waals surface area contributed by atoms with Crippen LogP contribution in [-0.2, 0) is 32.5 Å². The van der Waals surface area contributed by atoms with E-state index in [1.807, 2.05) is 0 Å². The molecule has 0 aliphatic carbocycles. The molecule has 0 spiro atoms. The van der Waals surface area contributed by atoms with Crippen molar-refractivity contribution in [2.75, 3.05) is 40.0 Å². The van der Waals surface area contributed by atoms with Crippen LogP contribution in [0.1, 0.15) is 30.4 Å². The van der Waals surface area contributed by atoms with Gasteiger partial charge in [-0.05, 0) is 31.0 Å². The summed E-state index contributed by atoms with van der Waals surface area (Å²) in [4.78, 5) is 28.9. The lowest BCUT2D eigenvalue weighted by Crippen LogP contribution is -2.44. The van der Waals surface area contributed by atoms with Gasteiger partial charge in [-0.15, -0.1) is 0 Å². The van der Waals surface area contributed by atoms with Gasteiger partial charge in [0.25, 0.3) is 0 Å². The molecule has 0 unspecified atom stereocenters. The summed E-state index contributed by atoms with van der Waals surface area (Å²) < 4.78 is 83.2. The number of hydrogen-bond donors (Lipinski definition) is 2. The van der Waals surface area contributed by atoms with Crippen LogP contribution in [0.4, 0.5) is 18.0 Å². The number of halogens is 4. The number of carbonyl (C=O) groups excluding carboxylic acids is 1. The summed E-state index contributed by atoms with van der Waals surface area (Å²) in [6, 6.07) is 4.65. The molecule has 1 aromatic heterocycles. The Bertz CT molecular complexity index is 1350. The number of carboxylic acid groups (broad SMARTS) is 1. The molecule has 41 heavy (non-hydrogen) atoms. The van der Waals surface area contributed by atoms with E-state index >= 15 is 0 Å². The Morgan fingerprint density at radius 1 is 1.27 bits per heavy atom. The van der Waals surface area contributed by atoms with Crippen LogP contribution in [0, 0.1) is 0 Å². The Kier molecular flexibility index (Phi) is 11.0. The first-order valence-corrected chi connectivity index (χ1v) is 14.1. The molecule has 2 amide bonds. The van der Waals surface area contributed by atoms with Crippen molar-refractivity contribution in [2.24, 2.45) is 0 Å². The lowest BCUT2D eigenvalue weighted by atomic mass is 10.2. The van der Waals surface area contributed by atoms with Gasteiger partial charge in [-0.2, -0.15) is 30.6 Å². The Hall–Kier alpha value is -3.34. The van der Waals surface area contributed by atoms with Gasteiger partial charge in [-0.25, -0.2) is 9.78 Å². The van der Waals surface area contributed by atoms with Crippen LogP contribution in [-0.4, -0.2) is 79.7 Å². The Balaban J connectivity index is 1.82. The minimum absolute atomic E-state index is 0.0114. The lowest BCUT2D eigenvalue weighted by Gasteiger charge is -2.22. The van der Waals surface area contributed by atoms with E-state index in [0.717, 1.165) is 6.42 Å². The number of hydrogen-bond acceptors (Lipinski definition) is 8. The van der Waals surface area contributed by atoms with Crippen molar-refractivity contribution in [3.63, 3.8) is 0 Å². The standard InChI is InChI=1S/C24H28ClF3N4O8S/c1-38-10-11-39-18-6-5-16(20(13-18)40-22-19(25)12-17(14-29-22)24(26,27)28)15-32(23(34)35)41(36,37)30-7-3-9-31-8-2-4-21(31)33/h5-6,12-14,30H,2-4,7-11,15H2,1H3,(H,34,35). The molecular weight excluding hydrogens is 597 g/mol. The first-order valence-electron chi connectivity index (χ1n) is 12.2. The van der Waals surface area contributed by atoms with Gasteiger partial charge in [-0.3, -0.25) is 4.79 Å². The molecule has 1 aliphatic heterocycles. The highest BCUT2D eigenvalue weighted by molar-refractivity contribution is 7.87. The van der Waals surface area contributed by atoms with Crippen LogP contribution in [0.2, 0.25) is 5.02 Å². The number of amides is 2. The molecule has 226 valence electrons. The fourth-order valence-electron chi connectivity index (χ4n) is 3.75. The van der Waals surface area contributed by atoms with Gasteiger partial charge in [0.2, 0.25) is 11.8 Å². The lowest BCUT2D eigenvalue weighted by molar-refractivity contribution is -0.137. The summed E-state index contributed by atoms with van der Waals surface area (Å²) in [6.45, 7) is 0.387. The minimum Gasteiger partial charge on any atom is -0.491 e. The van der Waals surface area contributed by atoms with Gasteiger partial charge < -0.3 is 24.2 Å². The van der Waals surface area contributed by atoms with Gasteiger partial charge in [0.15, 0.2) is 0 Å². The van der Waals surface area contributed by atoms with Crippen molar-refractivity contribution in [3.05, 3.63) is 46.6 Å². The molecule has 0 radical (unpaired) electrons. The predicted octanol–water partition coefficient (Wildman–Crippen LogP) is 3.90. The molecule has 0 atom stereocenters. The summed E-state index contributed by atoms with van der Waals surface area (Å²) >= 11 is 5.97. The smallest absolute Gasteiger partial charge is 0.422 e. The number of rotatable bonds is 14. The second kappa shape index (κ2) is 14.0. The number of benzene rings is 1. The van der Waals surface area contributed by atoms with Crippen LogP contribution in [0.3, 0.4) is 0 Å². The van der Waals surface area contributed by atoms with Crippen molar-refractivity contribution in [1.82, 2.24) is 18.9 Å². The SMILES string of the molecule is COCCOc1ccc(CN(C(=O)O)S(=O)(=O)NCCCN2CCCC2=O)c(Oc2ncc(C(F)(F)F)cc2Cl)c1. The number of nitrogens with zero attached hydrogens (tertiary/aromatic N) is 3. The second-order valence-electron chi connectivity index (χ2n) is 8.75. The third-order valence-electron chi connectivity index (χ3n) is 5.81. The fourth-order valence-corrected chi connectivity index (χ4v) is 5.03. The number of nitrogens with one attached hydrogen (secondary N) is 1. The number of likely N-dealkylation sites (tertiary alicyclic amines) is 1. The molecule has 12 nitrogen and oxygen atoms in total. The number of carbonyl (C=O) groups is 2. The molecule has 1 aliphatic rings. The van der Waals surface area contributed by atoms with E-state index in [0.29, 0.717) is 31.8 Å². The average Bonchev–Trinajstić information content (AvgIpc) is 3.30. The first kappa shape index (κ1) is 32.2. The maximum absolute atomic E-state index is 13.0. The van der Waals surface area contributed by atoms with Gasteiger partial charge in [0.1, 0.15) is 23.1 Å². The monoisotopic (exact) mass is 624 g/mol. The van der Waals surface area contributed by atoms with E-state index in [2.05, 4.69) is 9.71 Å². The summed E-state index contributed by atoms with van der Waals surface area (Å²) in [6.07, 6.45) is -4.57. The van der Waals surface area contributed by atoms with E-state index in [1.54, 1.807) is 4.90 Å². The molecular formula is C24H28ClF3N4O8S. The highest BCUT2D eigenvalue weighted by Crippen LogP contribution is 2.37. The topological polar surface area (TPSA) is 148 Å². The van der Waals surface area contributed by atoms with Crippen molar-refractivity contribution in [2.45, 2.75) is 32.0 Å². The van der Waals surface area contributed by atoms with E-state index in [4.69, 9.17) is 25.8 Å². The van der Waals surface area contributed by atoms with E-state index in [-0.39, 0.29) is 53.5 Å². The third-order valence-corrected chi connectivity index (χ3v) is 7.52. The van der Waals surface area contributed by atoms with Crippen LogP contribution >= 0.6 is 11.6 Å². The van der Waals surface area contributed by atoms with Gasteiger partial charge in [0, 0.05) is 51.0 Å². The first-order chi connectivity index (χ1) is 19.3. The van der Waals surface area contributed by atoms with Crippen molar-refractivity contribution in [1.29, 1.82) is 0 Å². The van der Waals surface area contributed by atoms with Gasteiger partial charge in [-0.1, -0.05) is 11.6 Å². The number of aromatic nitrogens is 1. The maximum atomic E-state index is 13.0. The van der Waals surface area contributed by atoms with Crippen LogP contribution in [0.15, 0.2) is 30.5 Å². The highest BCUT2D eigenvalue weighted by atomic mass is 35.5.